The van der Waals surface area contributed by atoms with Crippen LogP contribution < -0.4 is 14.8 Å². The standard InChI is InChI=1S/C15H19NO3/c1-2-3-4-7-16-11-13(17)12-5-6-14-15(10-12)19-9-8-18-14/h5-6,10,13,16-17H,4,7-9,11H2,1H3. The van der Waals surface area contributed by atoms with Crippen LogP contribution in [0.1, 0.15) is 25.0 Å². The second-order valence-corrected chi connectivity index (χ2v) is 4.30. The largest absolute Gasteiger partial charge is 0.486 e. The van der Waals surface area contributed by atoms with Gasteiger partial charge in [0.1, 0.15) is 13.2 Å². The second-order valence-electron chi connectivity index (χ2n) is 4.30. The van der Waals surface area contributed by atoms with E-state index in [-0.39, 0.29) is 0 Å². The highest BCUT2D eigenvalue weighted by molar-refractivity contribution is 5.44. The van der Waals surface area contributed by atoms with E-state index in [1.54, 1.807) is 0 Å². The highest BCUT2D eigenvalue weighted by atomic mass is 16.6. The highest BCUT2D eigenvalue weighted by Gasteiger charge is 2.14. The number of aliphatic hydroxyl groups is 1. The average molecular weight is 261 g/mol. The number of rotatable bonds is 5. The van der Waals surface area contributed by atoms with E-state index in [4.69, 9.17) is 9.47 Å². The fourth-order valence-electron chi connectivity index (χ4n) is 1.90. The number of ether oxygens (including phenoxy) is 2. The van der Waals surface area contributed by atoms with E-state index < -0.39 is 6.10 Å². The summed E-state index contributed by atoms with van der Waals surface area (Å²) in [6.45, 7) is 4.24. The molecule has 1 atom stereocenters. The molecule has 0 aromatic heterocycles. The molecule has 1 aromatic rings. The van der Waals surface area contributed by atoms with Gasteiger partial charge in [-0.3, -0.25) is 0 Å². The van der Waals surface area contributed by atoms with Crippen LogP contribution in [0.2, 0.25) is 0 Å². The van der Waals surface area contributed by atoms with Gasteiger partial charge in [-0.1, -0.05) is 6.07 Å². The number of fused-ring (bicyclic) bond motifs is 1. The maximum absolute atomic E-state index is 10.1. The first-order chi connectivity index (χ1) is 9.31. The molecule has 0 fully saturated rings. The van der Waals surface area contributed by atoms with Gasteiger partial charge in [0.05, 0.1) is 6.10 Å². The smallest absolute Gasteiger partial charge is 0.161 e. The molecule has 0 saturated carbocycles. The number of hydrogen-bond donors (Lipinski definition) is 2. The van der Waals surface area contributed by atoms with Crippen molar-refractivity contribution in [1.82, 2.24) is 5.32 Å². The maximum atomic E-state index is 10.1. The molecule has 102 valence electrons. The molecule has 2 N–H and O–H groups in total. The fraction of sp³-hybridized carbons (Fsp3) is 0.467. The Labute approximate surface area is 113 Å². The Bertz CT molecular complexity index is 476. The molecule has 1 aromatic carbocycles. The van der Waals surface area contributed by atoms with Gasteiger partial charge in [0.2, 0.25) is 0 Å². The zero-order valence-corrected chi connectivity index (χ0v) is 11.1. The van der Waals surface area contributed by atoms with E-state index in [2.05, 4.69) is 17.2 Å². The lowest BCUT2D eigenvalue weighted by Gasteiger charge is -2.20. The Kier molecular flexibility index (Phi) is 5.08. The summed E-state index contributed by atoms with van der Waals surface area (Å²) in [6, 6.07) is 5.55. The van der Waals surface area contributed by atoms with Crippen LogP contribution in [0.3, 0.4) is 0 Å². The molecule has 0 saturated heterocycles. The van der Waals surface area contributed by atoms with Gasteiger partial charge in [-0.2, -0.15) is 0 Å². The average Bonchev–Trinajstić information content (AvgIpc) is 2.46. The predicted molar refractivity (Wildman–Crippen MR) is 73.3 cm³/mol. The number of nitrogens with one attached hydrogen (secondary N) is 1. The third-order valence-electron chi connectivity index (χ3n) is 2.89. The maximum Gasteiger partial charge on any atom is 0.161 e. The van der Waals surface area contributed by atoms with Crippen LogP contribution in [0, 0.1) is 11.8 Å². The van der Waals surface area contributed by atoms with Crippen LogP contribution in [-0.4, -0.2) is 31.4 Å². The van der Waals surface area contributed by atoms with Gasteiger partial charge < -0.3 is 19.9 Å². The summed E-state index contributed by atoms with van der Waals surface area (Å²) in [5, 5.41) is 13.3. The van der Waals surface area contributed by atoms with Crippen molar-refractivity contribution in [2.24, 2.45) is 0 Å². The van der Waals surface area contributed by atoms with Crippen molar-refractivity contribution in [3.63, 3.8) is 0 Å². The highest BCUT2D eigenvalue weighted by Crippen LogP contribution is 2.32. The molecule has 1 heterocycles. The van der Waals surface area contributed by atoms with Crippen LogP contribution >= 0.6 is 0 Å². The van der Waals surface area contributed by atoms with Crippen molar-refractivity contribution in [2.45, 2.75) is 19.4 Å². The molecule has 0 amide bonds. The Hall–Kier alpha value is -1.70. The molecule has 0 aliphatic carbocycles. The Morgan fingerprint density at radius 3 is 2.89 bits per heavy atom. The number of aliphatic hydroxyl groups excluding tert-OH is 1. The fourth-order valence-corrected chi connectivity index (χ4v) is 1.90. The first-order valence-corrected chi connectivity index (χ1v) is 6.49. The lowest BCUT2D eigenvalue weighted by molar-refractivity contribution is 0.163. The number of hydrogen-bond acceptors (Lipinski definition) is 4. The van der Waals surface area contributed by atoms with Gasteiger partial charge >= 0.3 is 0 Å². The molecule has 19 heavy (non-hydrogen) atoms. The lowest BCUT2D eigenvalue weighted by Crippen LogP contribution is -2.22. The van der Waals surface area contributed by atoms with Crippen molar-refractivity contribution >= 4 is 0 Å². The van der Waals surface area contributed by atoms with Gasteiger partial charge in [0.25, 0.3) is 0 Å². The summed E-state index contributed by atoms with van der Waals surface area (Å²) in [6.07, 6.45) is 0.245. The Balaban J connectivity index is 1.87. The molecular formula is C15H19NO3. The first kappa shape index (κ1) is 13.7. The van der Waals surface area contributed by atoms with Gasteiger partial charge in [0.15, 0.2) is 11.5 Å². The molecule has 1 unspecified atom stereocenters. The Morgan fingerprint density at radius 2 is 2.11 bits per heavy atom. The van der Waals surface area contributed by atoms with E-state index in [0.717, 1.165) is 24.3 Å². The SMILES string of the molecule is CC#CCCNCC(O)c1ccc2c(c1)OCCO2. The molecule has 0 bridgehead atoms. The molecular weight excluding hydrogens is 242 g/mol. The minimum atomic E-state index is -0.551. The summed E-state index contributed by atoms with van der Waals surface area (Å²) in [4.78, 5) is 0. The molecule has 4 heteroatoms. The van der Waals surface area contributed by atoms with Crippen molar-refractivity contribution in [1.29, 1.82) is 0 Å². The molecule has 4 nitrogen and oxygen atoms in total. The van der Waals surface area contributed by atoms with Crippen molar-refractivity contribution in [2.75, 3.05) is 26.3 Å². The number of benzene rings is 1. The molecule has 0 spiro atoms. The van der Waals surface area contributed by atoms with Gasteiger partial charge in [-0.05, 0) is 24.6 Å². The normalized spacial score (nSPS) is 14.4. The predicted octanol–water partition coefficient (Wildman–Crippen LogP) is 1.49. The zero-order chi connectivity index (χ0) is 13.5. The van der Waals surface area contributed by atoms with Crippen LogP contribution in [0.5, 0.6) is 11.5 Å². The first-order valence-electron chi connectivity index (χ1n) is 6.49. The van der Waals surface area contributed by atoms with E-state index >= 15 is 0 Å². The Morgan fingerprint density at radius 1 is 1.32 bits per heavy atom. The van der Waals surface area contributed by atoms with Crippen LogP contribution in [-0.2, 0) is 0 Å². The second kappa shape index (κ2) is 7.03. The zero-order valence-electron chi connectivity index (χ0n) is 11.1. The topological polar surface area (TPSA) is 50.7 Å². The molecule has 0 radical (unpaired) electrons. The van der Waals surface area contributed by atoms with Crippen molar-refractivity contribution in [3.05, 3.63) is 23.8 Å². The monoisotopic (exact) mass is 261 g/mol. The van der Waals surface area contributed by atoms with Crippen molar-refractivity contribution < 1.29 is 14.6 Å². The van der Waals surface area contributed by atoms with Gasteiger partial charge in [-0.25, -0.2) is 0 Å². The van der Waals surface area contributed by atoms with Crippen LogP contribution in [0.4, 0.5) is 0 Å². The third-order valence-corrected chi connectivity index (χ3v) is 2.89. The summed E-state index contributed by atoms with van der Waals surface area (Å²) in [5.41, 5.74) is 0.832. The van der Waals surface area contributed by atoms with E-state index in [9.17, 15) is 5.11 Å². The summed E-state index contributed by atoms with van der Waals surface area (Å²) >= 11 is 0. The lowest BCUT2D eigenvalue weighted by atomic mass is 10.1. The molecule has 2 rings (SSSR count). The van der Waals surface area contributed by atoms with Gasteiger partial charge in [0, 0.05) is 19.5 Å². The quantitative estimate of drug-likeness (QED) is 0.623. The van der Waals surface area contributed by atoms with Crippen LogP contribution in [0.25, 0.3) is 0 Å². The minimum Gasteiger partial charge on any atom is -0.486 e. The van der Waals surface area contributed by atoms with E-state index in [1.165, 1.54) is 0 Å². The molecule has 1 aliphatic heterocycles. The van der Waals surface area contributed by atoms with Gasteiger partial charge in [-0.15, -0.1) is 11.8 Å². The summed E-state index contributed by atoms with van der Waals surface area (Å²) in [5.74, 6) is 7.26. The summed E-state index contributed by atoms with van der Waals surface area (Å²) in [7, 11) is 0. The minimum absolute atomic E-state index is 0.505. The van der Waals surface area contributed by atoms with E-state index in [1.807, 2.05) is 25.1 Å². The third kappa shape index (κ3) is 3.88. The van der Waals surface area contributed by atoms with E-state index in [0.29, 0.717) is 25.5 Å². The summed E-state index contributed by atoms with van der Waals surface area (Å²) < 4.78 is 10.9. The van der Waals surface area contributed by atoms with Crippen molar-refractivity contribution in [3.8, 4) is 23.3 Å². The van der Waals surface area contributed by atoms with Crippen LogP contribution in [0.15, 0.2) is 18.2 Å². The molecule has 1 aliphatic rings.